The van der Waals surface area contributed by atoms with E-state index < -0.39 is 0 Å². The number of thiazole rings is 1. The van der Waals surface area contributed by atoms with Crippen LogP contribution < -0.4 is 4.90 Å². The van der Waals surface area contributed by atoms with E-state index in [9.17, 15) is 0 Å². The maximum Gasteiger partial charge on any atom is 0.185 e. The second-order valence-electron chi connectivity index (χ2n) is 11.3. The lowest BCUT2D eigenvalue weighted by atomic mass is 9.63. The van der Waals surface area contributed by atoms with Gasteiger partial charge < -0.3 is 9.80 Å². The normalized spacial score (nSPS) is 20.5. The zero-order chi connectivity index (χ0) is 22.9. The molecule has 2 aromatic rings. The Morgan fingerprint density at radius 2 is 1.59 bits per heavy atom. The van der Waals surface area contributed by atoms with Gasteiger partial charge in [-0.2, -0.15) is 0 Å². The van der Waals surface area contributed by atoms with E-state index in [2.05, 4.69) is 74.9 Å². The van der Waals surface area contributed by atoms with Gasteiger partial charge in [0.15, 0.2) is 5.13 Å². The van der Waals surface area contributed by atoms with Gasteiger partial charge in [-0.3, -0.25) is 0 Å². The van der Waals surface area contributed by atoms with Crippen molar-refractivity contribution in [2.75, 3.05) is 31.1 Å². The number of nitrogens with zero attached hydrogens (tertiary/aromatic N) is 3. The largest absolute Gasteiger partial charge is 0.348 e. The zero-order valence-electron chi connectivity index (χ0n) is 21.2. The molecule has 0 spiro atoms. The Bertz CT molecular complexity index is 899. The highest BCUT2D eigenvalue weighted by atomic mass is 32.1. The summed E-state index contributed by atoms with van der Waals surface area (Å²) in [6.07, 6.45) is 7.54. The Labute approximate surface area is 200 Å². The van der Waals surface area contributed by atoms with Crippen LogP contribution >= 0.6 is 11.3 Å². The fourth-order valence-corrected chi connectivity index (χ4v) is 6.65. The summed E-state index contributed by atoms with van der Waals surface area (Å²) >= 11 is 1.82. The van der Waals surface area contributed by atoms with E-state index in [-0.39, 0.29) is 10.8 Å². The molecule has 1 saturated heterocycles. The van der Waals surface area contributed by atoms with Crippen molar-refractivity contribution in [1.29, 1.82) is 0 Å². The average molecular weight is 454 g/mol. The maximum absolute atomic E-state index is 5.11. The first-order valence-corrected chi connectivity index (χ1v) is 13.7. The van der Waals surface area contributed by atoms with Crippen LogP contribution in [0.15, 0.2) is 23.6 Å². The van der Waals surface area contributed by atoms with Crippen LogP contribution in [-0.2, 0) is 10.8 Å². The lowest BCUT2D eigenvalue weighted by Crippen LogP contribution is -2.45. The summed E-state index contributed by atoms with van der Waals surface area (Å²) in [5, 5.41) is 3.47. The van der Waals surface area contributed by atoms with Crippen LogP contribution in [0.2, 0.25) is 0 Å². The highest BCUT2D eigenvalue weighted by Gasteiger charge is 2.37. The molecule has 1 aliphatic carbocycles. The number of piperidine rings is 1. The van der Waals surface area contributed by atoms with Gasteiger partial charge in [0, 0.05) is 30.1 Å². The van der Waals surface area contributed by atoms with Crippen molar-refractivity contribution < 1.29 is 0 Å². The summed E-state index contributed by atoms with van der Waals surface area (Å²) in [5.74, 6) is 0. The molecule has 0 unspecified atom stereocenters. The Kier molecular flexibility index (Phi) is 7.03. The highest BCUT2D eigenvalue weighted by molar-refractivity contribution is 7.14. The first kappa shape index (κ1) is 23.8. The smallest absolute Gasteiger partial charge is 0.185 e. The van der Waals surface area contributed by atoms with Crippen molar-refractivity contribution in [2.24, 2.45) is 0 Å². The van der Waals surface area contributed by atoms with Crippen molar-refractivity contribution in [3.63, 3.8) is 0 Å². The molecular formula is C28H43N3S. The number of benzene rings is 1. The minimum atomic E-state index is 0.241. The molecule has 2 heterocycles. The Morgan fingerprint density at radius 1 is 0.969 bits per heavy atom. The minimum absolute atomic E-state index is 0.241. The highest BCUT2D eigenvalue weighted by Crippen LogP contribution is 2.47. The van der Waals surface area contributed by atoms with E-state index in [0.717, 1.165) is 24.8 Å². The van der Waals surface area contributed by atoms with Gasteiger partial charge in [-0.1, -0.05) is 53.7 Å². The topological polar surface area (TPSA) is 19.4 Å². The lowest BCUT2D eigenvalue weighted by molar-refractivity contribution is 0.169. The first-order valence-electron chi connectivity index (χ1n) is 12.8. The molecule has 3 nitrogen and oxygen atoms in total. The van der Waals surface area contributed by atoms with E-state index in [1.807, 2.05) is 11.3 Å². The monoisotopic (exact) mass is 453 g/mol. The van der Waals surface area contributed by atoms with Crippen LogP contribution in [0.25, 0.3) is 11.3 Å². The molecule has 0 radical (unpaired) electrons. The third-order valence-corrected chi connectivity index (χ3v) is 8.82. The minimum Gasteiger partial charge on any atom is -0.348 e. The Balaban J connectivity index is 1.48. The molecule has 0 bridgehead atoms. The number of rotatable bonds is 7. The molecule has 2 aliphatic rings. The van der Waals surface area contributed by atoms with Crippen molar-refractivity contribution in [2.45, 2.75) is 96.9 Å². The molecule has 1 aromatic carbocycles. The predicted molar refractivity (Wildman–Crippen MR) is 140 cm³/mol. The molecule has 1 aromatic heterocycles. The van der Waals surface area contributed by atoms with Gasteiger partial charge in [0.05, 0.1) is 5.69 Å². The van der Waals surface area contributed by atoms with Crippen LogP contribution in [0.5, 0.6) is 0 Å². The number of hydrogen-bond donors (Lipinski definition) is 0. The van der Waals surface area contributed by atoms with Gasteiger partial charge in [0.25, 0.3) is 0 Å². The second kappa shape index (κ2) is 9.46. The van der Waals surface area contributed by atoms with E-state index >= 15 is 0 Å². The van der Waals surface area contributed by atoms with Gasteiger partial charge in [0.2, 0.25) is 0 Å². The Hall–Kier alpha value is -1.39. The van der Waals surface area contributed by atoms with Gasteiger partial charge in [-0.15, -0.1) is 11.3 Å². The number of hydrogen-bond acceptors (Lipinski definition) is 4. The third kappa shape index (κ3) is 4.77. The summed E-state index contributed by atoms with van der Waals surface area (Å²) < 4.78 is 0. The van der Waals surface area contributed by atoms with E-state index in [1.54, 1.807) is 0 Å². The molecule has 32 heavy (non-hydrogen) atoms. The van der Waals surface area contributed by atoms with Gasteiger partial charge >= 0.3 is 0 Å². The van der Waals surface area contributed by atoms with Crippen LogP contribution in [0.3, 0.4) is 0 Å². The predicted octanol–water partition coefficient (Wildman–Crippen LogP) is 7.25. The first-order chi connectivity index (χ1) is 15.2. The fourth-order valence-electron chi connectivity index (χ4n) is 5.76. The molecule has 1 fully saturated rings. The van der Waals surface area contributed by atoms with E-state index in [4.69, 9.17) is 4.98 Å². The molecule has 4 heteroatoms. The van der Waals surface area contributed by atoms with Gasteiger partial charge in [0.1, 0.15) is 0 Å². The lowest BCUT2D eigenvalue weighted by Gasteiger charge is -2.42. The molecule has 0 atom stereocenters. The van der Waals surface area contributed by atoms with E-state index in [0.29, 0.717) is 0 Å². The van der Waals surface area contributed by atoms with Gasteiger partial charge in [-0.25, -0.2) is 4.98 Å². The van der Waals surface area contributed by atoms with Gasteiger partial charge in [-0.05, 0) is 79.6 Å². The maximum atomic E-state index is 5.11. The van der Waals surface area contributed by atoms with Crippen LogP contribution in [0.1, 0.15) is 91.2 Å². The summed E-state index contributed by atoms with van der Waals surface area (Å²) in [5.41, 5.74) is 5.98. The third-order valence-electron chi connectivity index (χ3n) is 7.91. The van der Waals surface area contributed by atoms with Crippen LogP contribution in [0.4, 0.5) is 5.13 Å². The summed E-state index contributed by atoms with van der Waals surface area (Å²) in [4.78, 5) is 10.4. The molecular weight excluding hydrogens is 410 g/mol. The van der Waals surface area contributed by atoms with Crippen molar-refractivity contribution in [3.05, 3.63) is 34.7 Å². The molecule has 0 saturated carbocycles. The standard InChI is InChI=1S/C28H43N3S/c1-7-15-30(16-8-2)22-11-17-31(18-12-22)26-29-25(20-32-26)21-9-10-23-24(19-21)28(5,6)14-13-27(23,3)4/h9-10,19-20,22H,7-8,11-18H2,1-6H3. The van der Waals surface area contributed by atoms with Crippen molar-refractivity contribution in [1.82, 2.24) is 9.88 Å². The molecule has 0 N–H and O–H groups in total. The summed E-state index contributed by atoms with van der Waals surface area (Å²) in [6, 6.07) is 7.87. The molecule has 1 aliphatic heterocycles. The van der Waals surface area contributed by atoms with Crippen LogP contribution in [0, 0.1) is 0 Å². The van der Waals surface area contributed by atoms with Crippen molar-refractivity contribution >= 4 is 16.5 Å². The van der Waals surface area contributed by atoms with Crippen LogP contribution in [-0.4, -0.2) is 42.1 Å². The molecule has 4 rings (SSSR count). The average Bonchev–Trinajstić information content (AvgIpc) is 3.27. The quantitative estimate of drug-likeness (QED) is 0.440. The SMILES string of the molecule is CCCN(CCC)C1CCN(c2nc(-c3ccc4c(c3)C(C)(C)CCC4(C)C)cs2)CC1. The van der Waals surface area contributed by atoms with Crippen molar-refractivity contribution in [3.8, 4) is 11.3 Å². The zero-order valence-corrected chi connectivity index (χ0v) is 22.0. The number of anilines is 1. The fraction of sp³-hybridized carbons (Fsp3) is 0.679. The summed E-state index contributed by atoms with van der Waals surface area (Å²) in [7, 11) is 0. The molecule has 176 valence electrons. The van der Waals surface area contributed by atoms with E-state index in [1.165, 1.54) is 73.4 Å². The number of fused-ring (bicyclic) bond motifs is 1. The summed E-state index contributed by atoms with van der Waals surface area (Å²) in [6.45, 7) is 19.0. The molecule has 0 amide bonds. The number of aromatic nitrogens is 1. The second-order valence-corrected chi connectivity index (χ2v) is 12.1. The Morgan fingerprint density at radius 3 is 2.22 bits per heavy atom.